The minimum absolute atomic E-state index is 0.0872. The summed E-state index contributed by atoms with van der Waals surface area (Å²) >= 11 is 9.52. The number of pyridine rings is 1. The van der Waals surface area contributed by atoms with Crippen molar-refractivity contribution >= 4 is 38.9 Å². The molecule has 0 saturated heterocycles. The molecule has 0 spiro atoms. The Hall–Kier alpha value is -1.69. The van der Waals surface area contributed by atoms with E-state index in [0.29, 0.717) is 30.2 Å². The summed E-state index contributed by atoms with van der Waals surface area (Å²) in [6.45, 7) is 12.8. The zero-order valence-electron chi connectivity index (χ0n) is 19.9. The van der Waals surface area contributed by atoms with Gasteiger partial charge in [0.05, 0.1) is 12.5 Å². The number of rotatable bonds is 5. The summed E-state index contributed by atoms with van der Waals surface area (Å²) in [7, 11) is 0. The number of aliphatic hydroxyl groups is 1. The predicted octanol–water partition coefficient (Wildman–Crippen LogP) is 7.26. The SMILES string of the molecule is C/C=C(/C(=O)C1COc2ccc(Cl)cc2C1)c1cnc(Br)cc1C(C)C.CC.CCCO. The Kier molecular flexibility index (Phi) is 12.8. The minimum atomic E-state index is -0.226. The first-order valence-corrected chi connectivity index (χ1v) is 12.4. The van der Waals surface area contributed by atoms with E-state index in [1.54, 1.807) is 6.20 Å². The van der Waals surface area contributed by atoms with Crippen molar-refractivity contribution in [2.75, 3.05) is 13.2 Å². The van der Waals surface area contributed by atoms with Crippen LogP contribution in [0.2, 0.25) is 5.02 Å². The number of nitrogens with zero attached hydrogens (tertiary/aromatic N) is 1. The number of aromatic nitrogens is 1. The van der Waals surface area contributed by atoms with Crippen molar-refractivity contribution in [2.24, 2.45) is 5.92 Å². The van der Waals surface area contributed by atoms with Gasteiger partial charge >= 0.3 is 0 Å². The Morgan fingerprint density at radius 3 is 2.56 bits per heavy atom. The second-order valence-electron chi connectivity index (χ2n) is 7.50. The van der Waals surface area contributed by atoms with E-state index >= 15 is 0 Å². The number of benzene rings is 1. The lowest BCUT2D eigenvalue weighted by atomic mass is 9.84. The number of halogens is 2. The zero-order valence-corrected chi connectivity index (χ0v) is 22.3. The summed E-state index contributed by atoms with van der Waals surface area (Å²) in [5.74, 6) is 0.961. The van der Waals surface area contributed by atoms with Crippen LogP contribution in [-0.2, 0) is 11.2 Å². The van der Waals surface area contributed by atoms with Gasteiger partial charge in [0.15, 0.2) is 5.78 Å². The lowest BCUT2D eigenvalue weighted by Crippen LogP contribution is -2.29. The van der Waals surface area contributed by atoms with Crippen LogP contribution < -0.4 is 4.74 Å². The highest BCUT2D eigenvalue weighted by molar-refractivity contribution is 9.10. The fraction of sp³-hybridized carbons (Fsp3) is 0.462. The molecule has 1 N–H and O–H groups in total. The summed E-state index contributed by atoms with van der Waals surface area (Å²) in [6.07, 6.45) is 5.17. The van der Waals surface area contributed by atoms with Crippen LogP contribution in [0, 0.1) is 5.92 Å². The number of allylic oxidation sites excluding steroid dienone is 2. The Bertz CT molecular complexity index is 910. The van der Waals surface area contributed by atoms with Crippen LogP contribution in [0.4, 0.5) is 0 Å². The van der Waals surface area contributed by atoms with Crippen LogP contribution in [0.3, 0.4) is 0 Å². The third kappa shape index (κ3) is 7.72. The quantitative estimate of drug-likeness (QED) is 0.330. The molecule has 0 fully saturated rings. The Balaban J connectivity index is 0.000000769. The molecule has 176 valence electrons. The molecule has 3 rings (SSSR count). The molecule has 0 amide bonds. The summed E-state index contributed by atoms with van der Waals surface area (Å²) in [5.41, 5.74) is 3.68. The van der Waals surface area contributed by atoms with Crippen molar-refractivity contribution in [1.29, 1.82) is 0 Å². The van der Waals surface area contributed by atoms with Crippen LogP contribution >= 0.6 is 27.5 Å². The van der Waals surface area contributed by atoms with Gasteiger partial charge in [0.2, 0.25) is 0 Å². The maximum atomic E-state index is 13.3. The first-order valence-electron chi connectivity index (χ1n) is 11.2. The number of fused-ring (bicyclic) bond motifs is 1. The molecule has 1 atom stereocenters. The van der Waals surface area contributed by atoms with Crippen molar-refractivity contribution in [3.8, 4) is 5.75 Å². The fourth-order valence-electron chi connectivity index (χ4n) is 3.33. The van der Waals surface area contributed by atoms with Crippen molar-refractivity contribution < 1.29 is 14.6 Å². The van der Waals surface area contributed by atoms with E-state index in [0.717, 1.165) is 33.5 Å². The van der Waals surface area contributed by atoms with Crippen LogP contribution in [0.15, 0.2) is 41.1 Å². The van der Waals surface area contributed by atoms with Crippen LogP contribution in [0.5, 0.6) is 5.75 Å². The normalized spacial score (nSPS) is 14.9. The lowest BCUT2D eigenvalue weighted by molar-refractivity contribution is -0.118. The topological polar surface area (TPSA) is 59.4 Å². The maximum Gasteiger partial charge on any atom is 0.170 e. The van der Waals surface area contributed by atoms with E-state index in [4.69, 9.17) is 21.4 Å². The number of carbonyl (C=O) groups is 1. The van der Waals surface area contributed by atoms with Crippen LogP contribution in [0.25, 0.3) is 5.57 Å². The van der Waals surface area contributed by atoms with Gasteiger partial charge in [-0.1, -0.05) is 52.3 Å². The van der Waals surface area contributed by atoms with Crippen molar-refractivity contribution in [3.63, 3.8) is 0 Å². The van der Waals surface area contributed by atoms with E-state index < -0.39 is 0 Å². The second-order valence-corrected chi connectivity index (χ2v) is 8.75. The van der Waals surface area contributed by atoms with Gasteiger partial charge in [-0.05, 0) is 77.0 Å². The van der Waals surface area contributed by atoms with E-state index in [1.165, 1.54) is 0 Å². The summed E-state index contributed by atoms with van der Waals surface area (Å²) < 4.78 is 6.59. The van der Waals surface area contributed by atoms with E-state index in [9.17, 15) is 4.79 Å². The number of Topliss-reactive ketones (excluding diaryl/α,β-unsaturated/α-hetero) is 1. The molecular weight excluding hydrogens is 490 g/mol. The summed E-state index contributed by atoms with van der Waals surface area (Å²) in [6, 6.07) is 7.54. The molecule has 1 unspecified atom stereocenters. The summed E-state index contributed by atoms with van der Waals surface area (Å²) in [4.78, 5) is 17.6. The third-order valence-corrected chi connectivity index (χ3v) is 5.56. The zero-order chi connectivity index (χ0) is 24.3. The number of hydrogen-bond acceptors (Lipinski definition) is 4. The standard InChI is InChI=1S/C21H21BrClNO2.C3H8O.C2H6/c1-4-16(18-10-24-20(22)9-17(18)12(2)3)21(25)14-7-13-8-15(23)5-6-19(13)26-11-14;1-2-3-4;1-2/h4-6,8-10,12,14H,7,11H2,1-3H3;4H,2-3H2,1H3;1-2H3/b16-4+;;. The van der Waals surface area contributed by atoms with E-state index in [2.05, 4.69) is 34.8 Å². The van der Waals surface area contributed by atoms with Gasteiger partial charge in [-0.15, -0.1) is 0 Å². The minimum Gasteiger partial charge on any atom is -0.493 e. The molecule has 32 heavy (non-hydrogen) atoms. The average Bonchev–Trinajstić information content (AvgIpc) is 2.81. The fourth-order valence-corrected chi connectivity index (χ4v) is 3.87. The number of aliphatic hydroxyl groups excluding tert-OH is 1. The number of carbonyl (C=O) groups excluding carboxylic acids is 1. The first kappa shape index (κ1) is 28.3. The van der Waals surface area contributed by atoms with Gasteiger partial charge in [0.25, 0.3) is 0 Å². The van der Waals surface area contributed by atoms with Gasteiger partial charge in [-0.2, -0.15) is 0 Å². The molecule has 0 saturated carbocycles. The Morgan fingerprint density at radius 1 is 1.34 bits per heavy atom. The molecule has 2 heterocycles. The number of ether oxygens (including phenoxy) is 1. The monoisotopic (exact) mass is 523 g/mol. The summed E-state index contributed by atoms with van der Waals surface area (Å²) in [5, 5.41) is 8.53. The van der Waals surface area contributed by atoms with Crippen LogP contribution in [-0.4, -0.2) is 29.1 Å². The molecule has 0 aliphatic carbocycles. The van der Waals surface area contributed by atoms with Crippen molar-refractivity contribution in [2.45, 2.75) is 60.3 Å². The smallest absolute Gasteiger partial charge is 0.170 e. The molecule has 0 radical (unpaired) electrons. The average molecular weight is 525 g/mol. The molecular formula is C26H35BrClNO3. The van der Waals surface area contributed by atoms with Gasteiger partial charge in [-0.3, -0.25) is 4.79 Å². The van der Waals surface area contributed by atoms with Gasteiger partial charge < -0.3 is 9.84 Å². The first-order chi connectivity index (χ1) is 15.3. The van der Waals surface area contributed by atoms with E-state index in [1.807, 2.05) is 58.0 Å². The molecule has 1 aromatic heterocycles. The van der Waals surface area contributed by atoms with Gasteiger partial charge in [0, 0.05) is 29.0 Å². The third-order valence-electron chi connectivity index (χ3n) is 4.89. The van der Waals surface area contributed by atoms with Gasteiger partial charge in [-0.25, -0.2) is 4.98 Å². The molecule has 6 heteroatoms. The molecule has 1 aliphatic heterocycles. The molecule has 2 aromatic rings. The van der Waals surface area contributed by atoms with E-state index in [-0.39, 0.29) is 17.6 Å². The maximum absolute atomic E-state index is 13.3. The van der Waals surface area contributed by atoms with Gasteiger partial charge in [0.1, 0.15) is 10.4 Å². The number of ketones is 1. The molecule has 4 nitrogen and oxygen atoms in total. The van der Waals surface area contributed by atoms with Crippen LogP contribution in [0.1, 0.15) is 70.6 Å². The second kappa shape index (κ2) is 14.5. The highest BCUT2D eigenvalue weighted by atomic mass is 79.9. The van der Waals surface area contributed by atoms with Crippen molar-refractivity contribution in [3.05, 3.63) is 62.9 Å². The highest BCUT2D eigenvalue weighted by Gasteiger charge is 2.29. The largest absolute Gasteiger partial charge is 0.493 e. The Labute approximate surface area is 206 Å². The lowest BCUT2D eigenvalue weighted by Gasteiger charge is -2.26. The van der Waals surface area contributed by atoms with Crippen molar-refractivity contribution in [1.82, 2.24) is 4.98 Å². The Morgan fingerprint density at radius 2 is 2.00 bits per heavy atom. The highest BCUT2D eigenvalue weighted by Crippen LogP contribution is 2.34. The number of hydrogen-bond donors (Lipinski definition) is 1. The molecule has 1 aliphatic rings. The predicted molar refractivity (Wildman–Crippen MR) is 138 cm³/mol. The molecule has 0 bridgehead atoms. The molecule has 1 aromatic carbocycles.